The number of fused-ring (bicyclic) bond motifs is 5. The Bertz CT molecular complexity index is 1490. The third-order valence-corrected chi connectivity index (χ3v) is 7.03. The maximum atomic E-state index is 13.8. The van der Waals surface area contributed by atoms with Crippen LogP contribution in [0.1, 0.15) is 60.3 Å². The lowest BCUT2D eigenvalue weighted by atomic mass is 9.78. The van der Waals surface area contributed by atoms with Crippen molar-refractivity contribution in [2.75, 3.05) is 14.2 Å². The molecule has 174 valence electrons. The van der Waals surface area contributed by atoms with Crippen molar-refractivity contribution in [1.82, 2.24) is 0 Å². The molecule has 0 bridgehead atoms. The highest BCUT2D eigenvalue weighted by Gasteiger charge is 2.51. The summed E-state index contributed by atoms with van der Waals surface area (Å²) in [6.45, 7) is 1.35. The normalized spacial score (nSPS) is 18.6. The van der Waals surface area contributed by atoms with Gasteiger partial charge in [0.25, 0.3) is 0 Å². The summed E-state index contributed by atoms with van der Waals surface area (Å²) in [5, 5.41) is 23.0. The lowest BCUT2D eigenvalue weighted by Crippen LogP contribution is -2.26. The molecule has 0 fully saturated rings. The van der Waals surface area contributed by atoms with Crippen LogP contribution in [0.2, 0.25) is 5.02 Å². The molecular weight excluding hydrogens is 487 g/mol. The number of carbonyl (C=O) groups is 3. The number of phenols is 2. The SMILES string of the molecule is COc1c(Cl)c(CCl)cc2ccc3c(c12)C(=O)c1c(O)c2c(c(O)c1C3=O)[C@](C)(OC)OC2=O. The van der Waals surface area contributed by atoms with E-state index in [9.17, 15) is 24.6 Å². The van der Waals surface area contributed by atoms with Crippen LogP contribution in [-0.2, 0) is 21.1 Å². The Hall–Kier alpha value is -3.33. The molecule has 0 saturated carbocycles. The minimum atomic E-state index is -1.76. The van der Waals surface area contributed by atoms with E-state index in [1.807, 2.05) is 0 Å². The summed E-state index contributed by atoms with van der Waals surface area (Å²) in [4.78, 5) is 39.9. The molecule has 0 saturated heterocycles. The molecule has 0 unspecified atom stereocenters. The molecule has 2 N–H and O–H groups in total. The van der Waals surface area contributed by atoms with Crippen molar-refractivity contribution in [3.63, 3.8) is 0 Å². The number of benzene rings is 3. The number of esters is 1. The summed E-state index contributed by atoms with van der Waals surface area (Å²) < 4.78 is 15.9. The number of alkyl halides is 1. The van der Waals surface area contributed by atoms with E-state index in [2.05, 4.69) is 0 Å². The summed E-state index contributed by atoms with van der Waals surface area (Å²) in [6, 6.07) is 4.71. The van der Waals surface area contributed by atoms with E-state index in [0.717, 1.165) is 0 Å². The van der Waals surface area contributed by atoms with Gasteiger partial charge in [-0.25, -0.2) is 4.79 Å². The number of carbonyl (C=O) groups excluding carboxylic acids is 3. The van der Waals surface area contributed by atoms with Gasteiger partial charge in [0.1, 0.15) is 22.8 Å². The zero-order valence-electron chi connectivity index (χ0n) is 18.0. The molecule has 1 aliphatic heterocycles. The summed E-state index contributed by atoms with van der Waals surface area (Å²) in [7, 11) is 2.59. The van der Waals surface area contributed by atoms with Crippen molar-refractivity contribution >= 4 is 51.5 Å². The van der Waals surface area contributed by atoms with Crippen LogP contribution in [0.4, 0.5) is 0 Å². The molecule has 1 atom stereocenters. The number of phenolic OH excluding ortho intramolecular Hbond substituents is 2. The number of aromatic hydroxyl groups is 2. The number of hydrogen-bond acceptors (Lipinski definition) is 8. The molecule has 0 radical (unpaired) electrons. The molecular formula is C24H16Cl2O8. The van der Waals surface area contributed by atoms with Gasteiger partial charge in [0.2, 0.25) is 5.79 Å². The third kappa shape index (κ3) is 2.61. The van der Waals surface area contributed by atoms with Crippen molar-refractivity contribution in [2.24, 2.45) is 0 Å². The van der Waals surface area contributed by atoms with E-state index < -0.39 is 51.5 Å². The fourth-order valence-corrected chi connectivity index (χ4v) is 5.27. The molecule has 0 aromatic heterocycles. The molecule has 5 rings (SSSR count). The minimum absolute atomic E-state index is 0.0306. The average molecular weight is 503 g/mol. The number of hydrogen-bond donors (Lipinski definition) is 2. The van der Waals surface area contributed by atoms with E-state index in [4.69, 9.17) is 37.4 Å². The third-order valence-electron chi connectivity index (χ3n) is 6.33. The predicted octanol–water partition coefficient (Wildman–Crippen LogP) is 4.42. The first kappa shape index (κ1) is 22.5. The van der Waals surface area contributed by atoms with Crippen molar-refractivity contribution in [3.8, 4) is 17.2 Å². The van der Waals surface area contributed by atoms with Crippen molar-refractivity contribution in [2.45, 2.75) is 18.6 Å². The van der Waals surface area contributed by atoms with Crippen LogP contribution in [0.25, 0.3) is 10.8 Å². The first-order valence-corrected chi connectivity index (χ1v) is 10.9. The first-order valence-electron chi connectivity index (χ1n) is 9.99. The lowest BCUT2D eigenvalue weighted by molar-refractivity contribution is -0.173. The Balaban J connectivity index is 1.91. The molecule has 2 aliphatic rings. The van der Waals surface area contributed by atoms with Gasteiger partial charge in [-0.3, -0.25) is 9.59 Å². The quantitative estimate of drug-likeness (QED) is 0.240. The van der Waals surface area contributed by atoms with Gasteiger partial charge < -0.3 is 24.4 Å². The van der Waals surface area contributed by atoms with Crippen LogP contribution in [0, 0.1) is 0 Å². The molecule has 3 aromatic carbocycles. The molecule has 0 amide bonds. The molecule has 10 heteroatoms. The first-order chi connectivity index (χ1) is 16.1. The smallest absolute Gasteiger partial charge is 0.345 e. The standard InChI is InChI=1S/C24H16Cl2O8/c1-24(33-3)16-15(23(31)34-24)20(29)14-13(21(16)30)18(27)10-5-4-8-6-9(7-25)17(26)22(32-2)11(8)12(10)19(14)28/h4-6,29-30H,7H2,1-3H3/t24-/m1/s1. The summed E-state index contributed by atoms with van der Waals surface area (Å²) >= 11 is 12.4. The molecule has 1 heterocycles. The van der Waals surface area contributed by atoms with Crippen LogP contribution in [-0.4, -0.2) is 42.0 Å². The van der Waals surface area contributed by atoms with E-state index in [1.54, 1.807) is 12.1 Å². The molecule has 34 heavy (non-hydrogen) atoms. The fourth-order valence-electron chi connectivity index (χ4n) is 4.69. The maximum absolute atomic E-state index is 13.8. The van der Waals surface area contributed by atoms with Crippen LogP contribution >= 0.6 is 23.2 Å². The fraction of sp³-hybridized carbons (Fsp3) is 0.208. The minimum Gasteiger partial charge on any atom is -0.507 e. The van der Waals surface area contributed by atoms with Gasteiger partial charge in [-0.05, 0) is 23.1 Å². The Morgan fingerprint density at radius 1 is 1.00 bits per heavy atom. The largest absolute Gasteiger partial charge is 0.507 e. The van der Waals surface area contributed by atoms with Gasteiger partial charge in [-0.15, -0.1) is 11.6 Å². The Morgan fingerprint density at radius 2 is 1.68 bits per heavy atom. The number of ether oxygens (including phenoxy) is 3. The monoisotopic (exact) mass is 502 g/mol. The van der Waals surface area contributed by atoms with Crippen molar-refractivity contribution < 1.29 is 38.8 Å². The zero-order valence-corrected chi connectivity index (χ0v) is 19.6. The number of halogens is 2. The second-order valence-electron chi connectivity index (χ2n) is 8.00. The van der Waals surface area contributed by atoms with Crippen molar-refractivity contribution in [3.05, 3.63) is 62.2 Å². The van der Waals surface area contributed by atoms with E-state index in [0.29, 0.717) is 10.9 Å². The number of rotatable bonds is 3. The van der Waals surface area contributed by atoms with Crippen molar-refractivity contribution in [1.29, 1.82) is 0 Å². The number of ketones is 2. The van der Waals surface area contributed by atoms with Crippen LogP contribution in [0.15, 0.2) is 18.2 Å². The second kappa shape index (κ2) is 7.33. The zero-order chi connectivity index (χ0) is 24.7. The summed E-state index contributed by atoms with van der Waals surface area (Å²) in [5.41, 5.74) is -1.19. The van der Waals surface area contributed by atoms with Crippen LogP contribution in [0.5, 0.6) is 17.2 Å². The average Bonchev–Trinajstić information content (AvgIpc) is 3.09. The molecule has 1 aliphatic carbocycles. The summed E-state index contributed by atoms with van der Waals surface area (Å²) in [5.74, 6) is -5.54. The Labute approximate surface area is 202 Å². The van der Waals surface area contributed by atoms with Gasteiger partial charge in [-0.1, -0.05) is 17.7 Å². The van der Waals surface area contributed by atoms with E-state index in [1.165, 1.54) is 27.2 Å². The van der Waals surface area contributed by atoms with Gasteiger partial charge in [-0.2, -0.15) is 0 Å². The van der Waals surface area contributed by atoms with E-state index in [-0.39, 0.29) is 38.7 Å². The number of cyclic esters (lactones) is 1. The van der Waals surface area contributed by atoms with Crippen LogP contribution < -0.4 is 4.74 Å². The number of methoxy groups -OCH3 is 2. The summed E-state index contributed by atoms with van der Waals surface area (Å²) in [6.07, 6.45) is 0. The van der Waals surface area contributed by atoms with Gasteiger partial charge in [0.05, 0.1) is 28.8 Å². The molecule has 3 aromatic rings. The van der Waals surface area contributed by atoms with Gasteiger partial charge in [0, 0.05) is 36.4 Å². The maximum Gasteiger partial charge on any atom is 0.345 e. The van der Waals surface area contributed by atoms with Gasteiger partial charge in [0.15, 0.2) is 11.6 Å². The highest BCUT2D eigenvalue weighted by molar-refractivity contribution is 6.38. The topological polar surface area (TPSA) is 119 Å². The Morgan fingerprint density at radius 3 is 2.29 bits per heavy atom. The highest BCUT2D eigenvalue weighted by atomic mass is 35.5. The molecule has 8 nitrogen and oxygen atoms in total. The molecule has 0 spiro atoms. The lowest BCUT2D eigenvalue weighted by Gasteiger charge is -2.26. The van der Waals surface area contributed by atoms with Gasteiger partial charge >= 0.3 is 5.97 Å². The van der Waals surface area contributed by atoms with E-state index >= 15 is 0 Å². The predicted molar refractivity (Wildman–Crippen MR) is 121 cm³/mol. The second-order valence-corrected chi connectivity index (χ2v) is 8.64. The van der Waals surface area contributed by atoms with Crippen LogP contribution in [0.3, 0.4) is 0 Å². The highest BCUT2D eigenvalue weighted by Crippen LogP contribution is 2.52. The Kier molecular flexibility index (Phi) is 4.84.